The fraction of sp³-hybridized carbons (Fsp3) is 0.700. The van der Waals surface area contributed by atoms with E-state index in [1.807, 2.05) is 0 Å². The summed E-state index contributed by atoms with van der Waals surface area (Å²) < 4.78 is 0. The molecular weight excluding hydrogens is 254 g/mol. The monoisotopic (exact) mass is 287 g/mol. The maximum absolute atomic E-state index is 3.67. The summed E-state index contributed by atoms with van der Waals surface area (Å²) in [5.74, 6) is 1.66. The van der Waals surface area contributed by atoms with Crippen molar-refractivity contribution in [3.63, 3.8) is 0 Å². The van der Waals surface area contributed by atoms with E-state index in [9.17, 15) is 0 Å². The summed E-state index contributed by atoms with van der Waals surface area (Å²) in [5, 5.41) is 3.67. The highest BCUT2D eigenvalue weighted by molar-refractivity contribution is 5.22. The van der Waals surface area contributed by atoms with Gasteiger partial charge in [0.05, 0.1) is 0 Å². The molecule has 0 bridgehead atoms. The topological polar surface area (TPSA) is 12.0 Å². The smallest absolute Gasteiger partial charge is 0.00104 e. The van der Waals surface area contributed by atoms with Crippen molar-refractivity contribution in [3.8, 4) is 0 Å². The molecule has 1 aromatic rings. The Morgan fingerprint density at radius 2 is 2.00 bits per heavy atom. The Balaban J connectivity index is 2.05. The van der Waals surface area contributed by atoms with Gasteiger partial charge < -0.3 is 5.32 Å². The van der Waals surface area contributed by atoms with Crippen LogP contribution in [0.3, 0.4) is 0 Å². The number of aryl methyl sites for hydroxylation is 1. The first-order valence-electron chi connectivity index (χ1n) is 8.65. The lowest BCUT2D eigenvalue weighted by molar-refractivity contribution is 0.114. The van der Waals surface area contributed by atoms with Gasteiger partial charge in [0.15, 0.2) is 0 Å². The van der Waals surface area contributed by atoms with Gasteiger partial charge in [0, 0.05) is 6.04 Å². The highest BCUT2D eigenvalue weighted by Gasteiger charge is 2.34. The summed E-state index contributed by atoms with van der Waals surface area (Å²) in [6.07, 6.45) is 5.37. The average Bonchev–Trinajstić information content (AvgIpc) is 2.36. The van der Waals surface area contributed by atoms with Gasteiger partial charge in [0.25, 0.3) is 0 Å². The van der Waals surface area contributed by atoms with Gasteiger partial charge in [-0.15, -0.1) is 0 Å². The number of benzene rings is 1. The van der Waals surface area contributed by atoms with Crippen molar-refractivity contribution in [2.45, 2.75) is 66.3 Å². The molecule has 1 fully saturated rings. The van der Waals surface area contributed by atoms with Crippen LogP contribution in [0.25, 0.3) is 0 Å². The molecule has 0 amide bonds. The van der Waals surface area contributed by atoms with Crippen LogP contribution in [0.15, 0.2) is 24.3 Å². The summed E-state index contributed by atoms with van der Waals surface area (Å²) in [4.78, 5) is 0. The fourth-order valence-electron chi connectivity index (χ4n) is 3.83. The molecule has 0 radical (unpaired) electrons. The highest BCUT2D eigenvalue weighted by Crippen LogP contribution is 2.43. The lowest BCUT2D eigenvalue weighted by Gasteiger charge is -2.41. The van der Waals surface area contributed by atoms with E-state index in [0.29, 0.717) is 11.5 Å². The minimum atomic E-state index is 0.517. The van der Waals surface area contributed by atoms with E-state index in [4.69, 9.17) is 0 Å². The van der Waals surface area contributed by atoms with Gasteiger partial charge >= 0.3 is 0 Å². The quantitative estimate of drug-likeness (QED) is 0.805. The van der Waals surface area contributed by atoms with Gasteiger partial charge in [0.2, 0.25) is 0 Å². The highest BCUT2D eigenvalue weighted by atomic mass is 14.9. The minimum absolute atomic E-state index is 0.517. The Morgan fingerprint density at radius 3 is 2.67 bits per heavy atom. The molecule has 2 unspecified atom stereocenters. The normalized spacial score (nSPS) is 25.2. The number of hydrogen-bond donors (Lipinski definition) is 1. The van der Waals surface area contributed by atoms with Gasteiger partial charge in [-0.05, 0) is 62.0 Å². The zero-order valence-electron chi connectivity index (χ0n) is 14.6. The third-order valence-electron chi connectivity index (χ3n) is 5.04. The van der Waals surface area contributed by atoms with Gasteiger partial charge in [0.1, 0.15) is 0 Å². The third-order valence-corrected chi connectivity index (χ3v) is 5.04. The van der Waals surface area contributed by atoms with Crippen LogP contribution in [0.2, 0.25) is 0 Å². The summed E-state index contributed by atoms with van der Waals surface area (Å²) >= 11 is 0. The van der Waals surface area contributed by atoms with Crippen LogP contribution in [0.5, 0.6) is 0 Å². The molecule has 1 aliphatic rings. The summed E-state index contributed by atoms with van der Waals surface area (Å²) in [5.41, 5.74) is 3.43. The molecule has 0 aromatic heterocycles. The van der Waals surface area contributed by atoms with Gasteiger partial charge in [-0.1, -0.05) is 57.5 Å². The molecule has 1 heteroatoms. The van der Waals surface area contributed by atoms with E-state index in [-0.39, 0.29) is 0 Å². The standard InChI is InChI=1S/C20H33N/c1-15(2)21-14-18-9-10-20(4,5)13-19(18)12-17-8-6-7-16(3)11-17/h6-8,11,15,18-19,21H,9-10,12-14H2,1-5H3. The second kappa shape index (κ2) is 6.96. The Kier molecular flexibility index (Phi) is 5.48. The number of rotatable bonds is 5. The van der Waals surface area contributed by atoms with Crippen molar-refractivity contribution in [2.24, 2.45) is 17.3 Å². The SMILES string of the molecule is Cc1cccc(CC2CC(C)(C)CCC2CNC(C)C)c1. The van der Waals surface area contributed by atoms with Gasteiger partial charge in [-0.3, -0.25) is 0 Å². The Labute approximate surface area is 131 Å². The molecular formula is C20H33N. The fourth-order valence-corrected chi connectivity index (χ4v) is 3.83. The van der Waals surface area contributed by atoms with Crippen LogP contribution in [-0.4, -0.2) is 12.6 Å². The van der Waals surface area contributed by atoms with Gasteiger partial charge in [-0.25, -0.2) is 0 Å². The molecule has 1 nitrogen and oxygen atoms in total. The molecule has 1 saturated carbocycles. The van der Waals surface area contributed by atoms with E-state index in [0.717, 1.165) is 11.8 Å². The second-order valence-electron chi connectivity index (χ2n) is 8.18. The molecule has 0 aliphatic heterocycles. The minimum Gasteiger partial charge on any atom is -0.314 e. The summed E-state index contributed by atoms with van der Waals surface area (Å²) in [7, 11) is 0. The van der Waals surface area contributed by atoms with E-state index in [2.05, 4.69) is 64.2 Å². The zero-order valence-corrected chi connectivity index (χ0v) is 14.6. The molecule has 1 aliphatic carbocycles. The average molecular weight is 287 g/mol. The molecule has 118 valence electrons. The van der Waals surface area contributed by atoms with E-state index >= 15 is 0 Å². The van der Waals surface area contributed by atoms with Crippen LogP contribution >= 0.6 is 0 Å². The van der Waals surface area contributed by atoms with Crippen LogP contribution in [0, 0.1) is 24.2 Å². The Morgan fingerprint density at radius 1 is 1.24 bits per heavy atom. The first kappa shape index (κ1) is 16.5. The van der Waals surface area contributed by atoms with E-state index in [1.165, 1.54) is 43.4 Å². The Bertz CT molecular complexity index is 445. The van der Waals surface area contributed by atoms with Crippen molar-refractivity contribution < 1.29 is 0 Å². The first-order valence-corrected chi connectivity index (χ1v) is 8.65. The zero-order chi connectivity index (χ0) is 15.5. The van der Waals surface area contributed by atoms with E-state index in [1.54, 1.807) is 0 Å². The van der Waals surface area contributed by atoms with Crippen molar-refractivity contribution >= 4 is 0 Å². The van der Waals surface area contributed by atoms with Crippen LogP contribution in [0.4, 0.5) is 0 Å². The molecule has 2 atom stereocenters. The van der Waals surface area contributed by atoms with Gasteiger partial charge in [-0.2, -0.15) is 0 Å². The van der Waals surface area contributed by atoms with Crippen LogP contribution in [-0.2, 0) is 6.42 Å². The molecule has 1 N–H and O–H groups in total. The molecule has 0 saturated heterocycles. The molecule has 2 rings (SSSR count). The van der Waals surface area contributed by atoms with Crippen molar-refractivity contribution in [1.82, 2.24) is 5.32 Å². The molecule has 21 heavy (non-hydrogen) atoms. The number of hydrogen-bond acceptors (Lipinski definition) is 1. The summed E-state index contributed by atoms with van der Waals surface area (Å²) in [6, 6.07) is 9.68. The maximum Gasteiger partial charge on any atom is 0.00104 e. The predicted octanol–water partition coefficient (Wildman–Crippen LogP) is 4.98. The largest absolute Gasteiger partial charge is 0.314 e. The molecule has 0 spiro atoms. The lowest BCUT2D eigenvalue weighted by atomic mass is 9.65. The Hall–Kier alpha value is -0.820. The lowest BCUT2D eigenvalue weighted by Crippen LogP contribution is -2.38. The molecule has 1 aromatic carbocycles. The first-order chi connectivity index (χ1) is 9.85. The molecule has 0 heterocycles. The summed E-state index contributed by atoms with van der Waals surface area (Å²) in [6.45, 7) is 12.8. The number of nitrogens with one attached hydrogen (secondary N) is 1. The second-order valence-corrected chi connectivity index (χ2v) is 8.18. The van der Waals surface area contributed by atoms with Crippen molar-refractivity contribution in [3.05, 3.63) is 35.4 Å². The van der Waals surface area contributed by atoms with Crippen molar-refractivity contribution in [1.29, 1.82) is 0 Å². The van der Waals surface area contributed by atoms with Crippen LogP contribution in [0.1, 0.15) is 58.1 Å². The predicted molar refractivity (Wildman–Crippen MR) is 92.6 cm³/mol. The van der Waals surface area contributed by atoms with E-state index < -0.39 is 0 Å². The third kappa shape index (κ3) is 5.14. The maximum atomic E-state index is 3.67. The van der Waals surface area contributed by atoms with Crippen molar-refractivity contribution in [2.75, 3.05) is 6.54 Å². The van der Waals surface area contributed by atoms with Crippen LogP contribution < -0.4 is 5.32 Å².